The van der Waals surface area contributed by atoms with Crippen LogP contribution in [0.15, 0.2) is 24.5 Å². The van der Waals surface area contributed by atoms with Gasteiger partial charge in [0, 0.05) is 5.56 Å². The zero-order chi connectivity index (χ0) is 11.1. The lowest BCUT2D eigenvalue weighted by atomic mass is 10.1. The van der Waals surface area contributed by atoms with Crippen LogP contribution >= 0.6 is 11.3 Å². The van der Waals surface area contributed by atoms with Crippen molar-refractivity contribution in [2.45, 2.75) is 6.92 Å². The summed E-state index contributed by atoms with van der Waals surface area (Å²) in [6.45, 7) is 1.86. The predicted octanol–water partition coefficient (Wildman–Crippen LogP) is 1.87. The Morgan fingerprint density at radius 3 is 3.00 bits per heavy atom. The molecule has 16 heavy (non-hydrogen) atoms. The van der Waals surface area contributed by atoms with Crippen molar-refractivity contribution in [1.82, 2.24) is 19.8 Å². The Kier molecular flexibility index (Phi) is 1.90. The lowest BCUT2D eigenvalue weighted by molar-refractivity contribution is 0.471. The van der Waals surface area contributed by atoms with E-state index in [1.165, 1.54) is 11.3 Å². The van der Waals surface area contributed by atoms with E-state index in [9.17, 15) is 5.11 Å². The number of aromatic hydroxyl groups is 1. The number of hydrogen-bond donors (Lipinski definition) is 1. The largest absolute Gasteiger partial charge is 0.508 e. The van der Waals surface area contributed by atoms with E-state index in [1.54, 1.807) is 16.9 Å². The fourth-order valence-electron chi connectivity index (χ4n) is 1.46. The van der Waals surface area contributed by atoms with Gasteiger partial charge in [0.15, 0.2) is 0 Å². The van der Waals surface area contributed by atoms with E-state index in [0.717, 1.165) is 21.1 Å². The van der Waals surface area contributed by atoms with E-state index < -0.39 is 0 Å². The third-order valence-electron chi connectivity index (χ3n) is 2.33. The first-order chi connectivity index (χ1) is 7.74. The van der Waals surface area contributed by atoms with Crippen LogP contribution in [0.1, 0.15) is 5.56 Å². The van der Waals surface area contributed by atoms with Gasteiger partial charge in [0.25, 0.3) is 0 Å². The number of rotatable bonds is 1. The van der Waals surface area contributed by atoms with Crippen LogP contribution < -0.4 is 0 Å². The second-order valence-electron chi connectivity index (χ2n) is 3.47. The van der Waals surface area contributed by atoms with Crippen LogP contribution in [0.5, 0.6) is 5.75 Å². The molecule has 0 aliphatic rings. The van der Waals surface area contributed by atoms with Gasteiger partial charge in [-0.25, -0.2) is 0 Å². The van der Waals surface area contributed by atoms with Crippen molar-refractivity contribution in [3.8, 4) is 16.3 Å². The molecule has 0 bridgehead atoms. The van der Waals surface area contributed by atoms with Gasteiger partial charge in [-0.2, -0.15) is 9.61 Å². The Hall–Kier alpha value is -1.95. The summed E-state index contributed by atoms with van der Waals surface area (Å²) in [7, 11) is 0. The van der Waals surface area contributed by atoms with E-state index in [0.29, 0.717) is 5.75 Å². The Bertz CT molecular complexity index is 629. The highest BCUT2D eigenvalue weighted by molar-refractivity contribution is 7.19. The minimum absolute atomic E-state index is 0.298. The monoisotopic (exact) mass is 232 g/mol. The average Bonchev–Trinajstić information content (AvgIpc) is 2.81. The van der Waals surface area contributed by atoms with Gasteiger partial charge in [-0.15, -0.1) is 10.2 Å². The van der Waals surface area contributed by atoms with E-state index in [-0.39, 0.29) is 0 Å². The second-order valence-corrected chi connectivity index (χ2v) is 4.42. The number of fused-ring (bicyclic) bond motifs is 1. The number of phenols is 1. The molecule has 80 valence electrons. The van der Waals surface area contributed by atoms with E-state index >= 15 is 0 Å². The van der Waals surface area contributed by atoms with Crippen LogP contribution in [0, 0.1) is 6.92 Å². The van der Waals surface area contributed by atoms with Crippen molar-refractivity contribution in [2.75, 3.05) is 0 Å². The number of aromatic nitrogens is 4. The van der Waals surface area contributed by atoms with Crippen LogP contribution in [0.4, 0.5) is 0 Å². The Morgan fingerprint density at radius 2 is 2.25 bits per heavy atom. The molecule has 0 atom stereocenters. The van der Waals surface area contributed by atoms with Gasteiger partial charge in [-0.3, -0.25) is 0 Å². The minimum atomic E-state index is 0.298. The molecule has 0 saturated heterocycles. The highest BCUT2D eigenvalue weighted by atomic mass is 32.1. The molecule has 2 aromatic heterocycles. The quantitative estimate of drug-likeness (QED) is 0.695. The van der Waals surface area contributed by atoms with Crippen molar-refractivity contribution >= 4 is 16.3 Å². The van der Waals surface area contributed by atoms with Gasteiger partial charge in [-0.05, 0) is 30.7 Å². The maximum Gasteiger partial charge on any atom is 0.234 e. The molecule has 0 radical (unpaired) electrons. The molecule has 3 aromatic rings. The van der Waals surface area contributed by atoms with Crippen LogP contribution in [-0.2, 0) is 0 Å². The zero-order valence-electron chi connectivity index (χ0n) is 8.45. The third kappa shape index (κ3) is 1.35. The van der Waals surface area contributed by atoms with Crippen LogP contribution in [0.25, 0.3) is 15.5 Å². The van der Waals surface area contributed by atoms with Gasteiger partial charge in [-0.1, -0.05) is 11.3 Å². The van der Waals surface area contributed by atoms with Crippen LogP contribution in [0.3, 0.4) is 0 Å². The maximum atomic E-state index is 9.45. The molecule has 0 fully saturated rings. The van der Waals surface area contributed by atoms with Crippen molar-refractivity contribution < 1.29 is 5.11 Å². The molecule has 5 nitrogen and oxygen atoms in total. The second kappa shape index (κ2) is 3.28. The summed E-state index contributed by atoms with van der Waals surface area (Å²) in [5.74, 6) is 0.298. The summed E-state index contributed by atoms with van der Waals surface area (Å²) in [4.78, 5) is 0.765. The summed E-state index contributed by atoms with van der Waals surface area (Å²) < 4.78 is 1.64. The van der Waals surface area contributed by atoms with Crippen molar-refractivity contribution in [2.24, 2.45) is 0 Å². The van der Waals surface area contributed by atoms with Crippen molar-refractivity contribution in [3.63, 3.8) is 0 Å². The molecule has 0 saturated carbocycles. The van der Waals surface area contributed by atoms with E-state index in [2.05, 4.69) is 15.3 Å². The molecule has 1 N–H and O–H groups in total. The molecular formula is C10H8N4OS. The molecular weight excluding hydrogens is 224 g/mol. The Balaban J connectivity index is 2.15. The number of nitrogens with zero attached hydrogens (tertiary/aromatic N) is 4. The summed E-state index contributed by atoms with van der Waals surface area (Å²) in [6, 6.07) is 5.42. The smallest absolute Gasteiger partial charge is 0.234 e. The first kappa shape index (κ1) is 9.29. The van der Waals surface area contributed by atoms with Crippen molar-refractivity contribution in [1.29, 1.82) is 0 Å². The lowest BCUT2D eigenvalue weighted by Crippen LogP contribution is -1.83. The first-order valence-corrected chi connectivity index (χ1v) is 5.52. The lowest BCUT2D eigenvalue weighted by Gasteiger charge is -2.00. The molecule has 0 unspecified atom stereocenters. The summed E-state index contributed by atoms with van der Waals surface area (Å²) >= 11 is 1.47. The number of phenolic OH excluding ortho intramolecular Hbond substituents is 1. The number of benzene rings is 1. The minimum Gasteiger partial charge on any atom is -0.508 e. The Morgan fingerprint density at radius 1 is 1.38 bits per heavy atom. The van der Waals surface area contributed by atoms with Gasteiger partial charge < -0.3 is 5.11 Å². The molecule has 0 amide bonds. The molecule has 3 rings (SSSR count). The molecule has 0 aliphatic carbocycles. The molecule has 0 spiro atoms. The van der Waals surface area contributed by atoms with Crippen molar-refractivity contribution in [3.05, 3.63) is 30.1 Å². The normalized spacial score (nSPS) is 11.1. The zero-order valence-corrected chi connectivity index (χ0v) is 9.27. The highest BCUT2D eigenvalue weighted by Crippen LogP contribution is 2.28. The van der Waals surface area contributed by atoms with Gasteiger partial charge in [0.1, 0.15) is 17.1 Å². The molecule has 6 heteroatoms. The number of hydrogen-bond acceptors (Lipinski definition) is 5. The fraction of sp³-hybridized carbons (Fsp3) is 0.100. The van der Waals surface area contributed by atoms with E-state index in [1.807, 2.05) is 19.1 Å². The topological polar surface area (TPSA) is 63.3 Å². The highest BCUT2D eigenvalue weighted by Gasteiger charge is 2.08. The maximum absolute atomic E-state index is 9.45. The van der Waals surface area contributed by atoms with Gasteiger partial charge in [0.05, 0.1) is 0 Å². The van der Waals surface area contributed by atoms with Gasteiger partial charge in [0.2, 0.25) is 4.96 Å². The molecule has 2 heterocycles. The molecule has 1 aromatic carbocycles. The van der Waals surface area contributed by atoms with Crippen LogP contribution in [-0.4, -0.2) is 24.9 Å². The van der Waals surface area contributed by atoms with Crippen LogP contribution in [0.2, 0.25) is 0 Å². The fourth-order valence-corrected chi connectivity index (χ4v) is 2.28. The standard InChI is InChI=1S/C10H8N4OS/c1-6-4-7(2-3-8(6)15)9-13-14-5-11-12-10(14)16-9/h2-5,15H,1H3. The summed E-state index contributed by atoms with van der Waals surface area (Å²) in [5.41, 5.74) is 1.81. The average molecular weight is 232 g/mol. The molecule has 0 aliphatic heterocycles. The predicted molar refractivity (Wildman–Crippen MR) is 60.5 cm³/mol. The van der Waals surface area contributed by atoms with E-state index in [4.69, 9.17) is 0 Å². The summed E-state index contributed by atoms with van der Waals surface area (Å²) in [5, 5.41) is 22.3. The Labute approximate surface area is 95.0 Å². The third-order valence-corrected chi connectivity index (χ3v) is 3.29. The summed E-state index contributed by atoms with van der Waals surface area (Å²) in [6.07, 6.45) is 1.57. The number of aryl methyl sites for hydroxylation is 1. The van der Waals surface area contributed by atoms with Gasteiger partial charge >= 0.3 is 0 Å². The SMILES string of the molecule is Cc1cc(-c2nn3cnnc3s2)ccc1O. The first-order valence-electron chi connectivity index (χ1n) is 4.71.